The number of hydrogen-bond donors (Lipinski definition) is 0. The lowest BCUT2D eigenvalue weighted by molar-refractivity contribution is -0.0168. The average molecular weight is 193 g/mol. The molecule has 1 saturated heterocycles. The maximum Gasteiger partial charge on any atom is 0.211 e. The van der Waals surface area contributed by atoms with Crippen LogP contribution in [-0.2, 0) is 14.8 Å². The first kappa shape index (κ1) is 9.95. The van der Waals surface area contributed by atoms with E-state index in [9.17, 15) is 8.42 Å². The summed E-state index contributed by atoms with van der Waals surface area (Å²) in [4.78, 5) is 0. The molecule has 0 spiro atoms. The molecule has 4 nitrogen and oxygen atoms in total. The number of hydrogen-bond acceptors (Lipinski definition) is 3. The normalized spacial score (nSPS) is 33.6. The Bertz CT molecular complexity index is 249. The van der Waals surface area contributed by atoms with Crippen molar-refractivity contribution in [1.82, 2.24) is 4.31 Å². The molecular weight excluding hydrogens is 178 g/mol. The SMILES string of the molecule is CC1CN(S(C)(=O)=O)C(C)CO1. The zero-order valence-electron chi connectivity index (χ0n) is 7.65. The molecule has 5 heteroatoms. The van der Waals surface area contributed by atoms with E-state index in [0.29, 0.717) is 13.2 Å². The van der Waals surface area contributed by atoms with Gasteiger partial charge in [-0.15, -0.1) is 0 Å². The second-order valence-corrected chi connectivity index (χ2v) is 5.26. The lowest BCUT2D eigenvalue weighted by Crippen LogP contribution is -2.49. The second-order valence-electron chi connectivity index (χ2n) is 3.33. The van der Waals surface area contributed by atoms with Gasteiger partial charge in [0.05, 0.1) is 19.0 Å². The summed E-state index contributed by atoms with van der Waals surface area (Å²) in [7, 11) is -3.05. The smallest absolute Gasteiger partial charge is 0.211 e. The molecule has 0 aromatic carbocycles. The topological polar surface area (TPSA) is 46.6 Å². The van der Waals surface area contributed by atoms with E-state index in [1.165, 1.54) is 10.6 Å². The molecule has 1 aliphatic heterocycles. The van der Waals surface area contributed by atoms with Gasteiger partial charge in [0.1, 0.15) is 0 Å². The largest absolute Gasteiger partial charge is 0.375 e. The van der Waals surface area contributed by atoms with Gasteiger partial charge in [-0.1, -0.05) is 0 Å². The molecule has 1 heterocycles. The Balaban J connectivity index is 2.74. The molecule has 1 fully saturated rings. The van der Waals surface area contributed by atoms with Crippen molar-refractivity contribution >= 4 is 10.0 Å². The van der Waals surface area contributed by atoms with Crippen LogP contribution in [0, 0.1) is 0 Å². The summed E-state index contributed by atoms with van der Waals surface area (Å²) in [6.07, 6.45) is 1.25. The Kier molecular flexibility index (Phi) is 2.75. The van der Waals surface area contributed by atoms with E-state index in [1.54, 1.807) is 0 Å². The fraction of sp³-hybridized carbons (Fsp3) is 1.00. The highest BCUT2D eigenvalue weighted by Gasteiger charge is 2.29. The summed E-state index contributed by atoms with van der Waals surface area (Å²) in [5.41, 5.74) is 0. The number of morpholine rings is 1. The minimum atomic E-state index is -3.05. The summed E-state index contributed by atoms with van der Waals surface area (Å²) in [6.45, 7) is 4.70. The van der Waals surface area contributed by atoms with Gasteiger partial charge in [0.25, 0.3) is 0 Å². The van der Waals surface area contributed by atoms with Gasteiger partial charge in [-0.05, 0) is 13.8 Å². The van der Waals surface area contributed by atoms with E-state index in [1.807, 2.05) is 13.8 Å². The first-order chi connectivity index (χ1) is 5.41. The van der Waals surface area contributed by atoms with E-state index in [4.69, 9.17) is 4.74 Å². The van der Waals surface area contributed by atoms with Gasteiger partial charge in [0, 0.05) is 12.6 Å². The lowest BCUT2D eigenvalue weighted by Gasteiger charge is -2.34. The molecule has 0 radical (unpaired) electrons. The molecule has 0 aliphatic carbocycles. The zero-order valence-corrected chi connectivity index (χ0v) is 8.47. The van der Waals surface area contributed by atoms with Crippen molar-refractivity contribution in [2.45, 2.75) is 26.0 Å². The summed E-state index contributed by atoms with van der Waals surface area (Å²) in [5, 5.41) is 0. The maximum absolute atomic E-state index is 11.2. The highest BCUT2D eigenvalue weighted by atomic mass is 32.2. The van der Waals surface area contributed by atoms with Crippen LogP contribution in [0.15, 0.2) is 0 Å². The van der Waals surface area contributed by atoms with Crippen LogP contribution in [0.25, 0.3) is 0 Å². The first-order valence-electron chi connectivity index (χ1n) is 3.99. The Morgan fingerprint density at radius 2 is 2.00 bits per heavy atom. The number of sulfonamides is 1. The quantitative estimate of drug-likeness (QED) is 0.591. The van der Waals surface area contributed by atoms with Crippen molar-refractivity contribution in [3.8, 4) is 0 Å². The van der Waals surface area contributed by atoms with Gasteiger partial charge in [-0.3, -0.25) is 0 Å². The molecule has 0 aromatic rings. The van der Waals surface area contributed by atoms with Crippen LogP contribution in [0.3, 0.4) is 0 Å². The molecule has 2 atom stereocenters. The molecule has 1 aliphatic rings. The van der Waals surface area contributed by atoms with Crippen molar-refractivity contribution < 1.29 is 13.2 Å². The molecule has 72 valence electrons. The van der Waals surface area contributed by atoms with Gasteiger partial charge in [0.15, 0.2) is 0 Å². The fourth-order valence-electron chi connectivity index (χ4n) is 1.33. The van der Waals surface area contributed by atoms with Crippen LogP contribution in [0.1, 0.15) is 13.8 Å². The Labute approximate surface area is 73.6 Å². The number of ether oxygens (including phenoxy) is 1. The van der Waals surface area contributed by atoms with E-state index in [0.717, 1.165) is 0 Å². The third-order valence-corrected chi connectivity index (χ3v) is 3.34. The van der Waals surface area contributed by atoms with Crippen molar-refractivity contribution in [1.29, 1.82) is 0 Å². The minimum Gasteiger partial charge on any atom is -0.375 e. The van der Waals surface area contributed by atoms with Crippen LogP contribution in [0.5, 0.6) is 0 Å². The van der Waals surface area contributed by atoms with Gasteiger partial charge in [-0.25, -0.2) is 8.42 Å². The third kappa shape index (κ3) is 2.18. The number of nitrogens with zero attached hydrogens (tertiary/aromatic N) is 1. The summed E-state index contributed by atoms with van der Waals surface area (Å²) >= 11 is 0. The zero-order chi connectivity index (χ0) is 9.35. The highest BCUT2D eigenvalue weighted by Crippen LogP contribution is 2.14. The first-order valence-corrected chi connectivity index (χ1v) is 5.84. The molecule has 0 saturated carbocycles. The van der Waals surface area contributed by atoms with E-state index in [2.05, 4.69) is 0 Å². The molecule has 0 N–H and O–H groups in total. The van der Waals surface area contributed by atoms with Gasteiger partial charge >= 0.3 is 0 Å². The summed E-state index contributed by atoms with van der Waals surface area (Å²) in [6, 6.07) is -0.0313. The van der Waals surface area contributed by atoms with Gasteiger partial charge < -0.3 is 4.74 Å². The molecule has 0 amide bonds. The standard InChI is InChI=1S/C7H15NO3S/c1-6-5-11-7(2)4-8(6)12(3,9)10/h6-7H,4-5H2,1-3H3. The molecule has 0 aromatic heterocycles. The van der Waals surface area contributed by atoms with Crippen LogP contribution in [0.4, 0.5) is 0 Å². The van der Waals surface area contributed by atoms with Crippen LogP contribution >= 0.6 is 0 Å². The fourth-order valence-corrected chi connectivity index (χ4v) is 2.53. The second kappa shape index (κ2) is 3.32. The van der Waals surface area contributed by atoms with Gasteiger partial charge in [-0.2, -0.15) is 4.31 Å². The molecule has 2 unspecified atom stereocenters. The van der Waals surface area contributed by atoms with E-state index < -0.39 is 10.0 Å². The van der Waals surface area contributed by atoms with Crippen LogP contribution in [-0.4, -0.2) is 44.3 Å². The molecule has 0 bridgehead atoms. The van der Waals surface area contributed by atoms with Gasteiger partial charge in [0.2, 0.25) is 10.0 Å². The van der Waals surface area contributed by atoms with Crippen molar-refractivity contribution in [3.63, 3.8) is 0 Å². The third-order valence-electron chi connectivity index (χ3n) is 1.98. The Morgan fingerprint density at radius 3 is 2.42 bits per heavy atom. The monoisotopic (exact) mass is 193 g/mol. The van der Waals surface area contributed by atoms with E-state index >= 15 is 0 Å². The predicted octanol–water partition coefficient (Wildman–Crippen LogP) is 0.0552. The summed E-state index contributed by atoms with van der Waals surface area (Å²) < 4.78 is 29.2. The number of rotatable bonds is 1. The summed E-state index contributed by atoms with van der Waals surface area (Å²) in [5.74, 6) is 0. The van der Waals surface area contributed by atoms with Crippen LogP contribution in [0.2, 0.25) is 0 Å². The van der Waals surface area contributed by atoms with Crippen molar-refractivity contribution in [2.24, 2.45) is 0 Å². The predicted molar refractivity (Wildman–Crippen MR) is 46.4 cm³/mol. The molecular formula is C7H15NO3S. The lowest BCUT2D eigenvalue weighted by atomic mass is 10.2. The Morgan fingerprint density at radius 1 is 1.42 bits per heavy atom. The van der Waals surface area contributed by atoms with E-state index in [-0.39, 0.29) is 12.1 Å². The molecule has 1 rings (SSSR count). The van der Waals surface area contributed by atoms with Crippen molar-refractivity contribution in [2.75, 3.05) is 19.4 Å². The molecule has 12 heavy (non-hydrogen) atoms. The van der Waals surface area contributed by atoms with Crippen LogP contribution < -0.4 is 0 Å². The van der Waals surface area contributed by atoms with Crippen molar-refractivity contribution in [3.05, 3.63) is 0 Å². The average Bonchev–Trinajstić information content (AvgIpc) is 1.92. The highest BCUT2D eigenvalue weighted by molar-refractivity contribution is 7.88. The minimum absolute atomic E-state index is 0.0101. The maximum atomic E-state index is 11.2. The Hall–Kier alpha value is -0.130.